The van der Waals surface area contributed by atoms with Gasteiger partial charge >= 0.3 is 0 Å². The predicted molar refractivity (Wildman–Crippen MR) is 84.1 cm³/mol. The van der Waals surface area contributed by atoms with Gasteiger partial charge in [0.1, 0.15) is 6.17 Å². The highest BCUT2D eigenvalue weighted by Gasteiger charge is 2.45. The van der Waals surface area contributed by atoms with E-state index in [1.165, 1.54) is 4.88 Å². The molecule has 2 aliphatic heterocycles. The van der Waals surface area contributed by atoms with Crippen LogP contribution in [0.4, 0.5) is 0 Å². The van der Waals surface area contributed by atoms with E-state index in [4.69, 9.17) is 4.74 Å². The normalized spacial score (nSPS) is 33.9. The minimum atomic E-state index is -0.0738. The number of carbonyl (C=O) groups excluding carboxylic acids is 1. The summed E-state index contributed by atoms with van der Waals surface area (Å²) in [6, 6.07) is 4.38. The van der Waals surface area contributed by atoms with Crippen molar-refractivity contribution in [3.05, 3.63) is 22.4 Å². The van der Waals surface area contributed by atoms with Gasteiger partial charge in [-0.2, -0.15) is 0 Å². The molecule has 1 amide bonds. The van der Waals surface area contributed by atoms with E-state index in [9.17, 15) is 4.79 Å². The summed E-state index contributed by atoms with van der Waals surface area (Å²) >= 11 is 1.72. The Bertz CT molecular complexity index is 488. The molecule has 2 aliphatic rings. The van der Waals surface area contributed by atoms with Crippen molar-refractivity contribution >= 4 is 17.2 Å². The molecule has 4 atom stereocenters. The zero-order valence-corrected chi connectivity index (χ0v) is 13.7. The number of hydrogen-bond donors (Lipinski definition) is 1. The molecule has 116 valence electrons. The zero-order chi connectivity index (χ0) is 15.0. The first kappa shape index (κ1) is 15.0. The fourth-order valence-corrected chi connectivity index (χ4v) is 4.15. The molecule has 21 heavy (non-hydrogen) atoms. The summed E-state index contributed by atoms with van der Waals surface area (Å²) in [4.78, 5) is 16.2. The molecule has 2 fully saturated rings. The second-order valence-corrected chi connectivity index (χ2v) is 7.39. The number of thiophene rings is 1. The van der Waals surface area contributed by atoms with Gasteiger partial charge in [-0.3, -0.25) is 10.1 Å². The van der Waals surface area contributed by atoms with Gasteiger partial charge in [-0.05, 0) is 37.1 Å². The third-order valence-corrected chi connectivity index (χ3v) is 5.39. The van der Waals surface area contributed by atoms with Gasteiger partial charge in [-0.25, -0.2) is 0 Å². The molecule has 3 heterocycles. The SMILES string of the molecule is CC1CC(N2C(=O)C(C(C)C)NC2c2cccs2)CCO1. The molecule has 0 radical (unpaired) electrons. The molecular weight excluding hydrogens is 284 g/mol. The quantitative estimate of drug-likeness (QED) is 0.933. The van der Waals surface area contributed by atoms with Crippen molar-refractivity contribution in [1.29, 1.82) is 0 Å². The molecule has 0 spiro atoms. The molecule has 4 nitrogen and oxygen atoms in total. The van der Waals surface area contributed by atoms with Crippen LogP contribution < -0.4 is 5.32 Å². The molecule has 1 aromatic heterocycles. The van der Waals surface area contributed by atoms with Crippen molar-refractivity contribution in [2.45, 2.75) is 58.0 Å². The number of nitrogens with zero attached hydrogens (tertiary/aromatic N) is 1. The van der Waals surface area contributed by atoms with Crippen LogP contribution in [-0.2, 0) is 9.53 Å². The molecule has 2 saturated heterocycles. The third kappa shape index (κ3) is 2.87. The lowest BCUT2D eigenvalue weighted by atomic mass is 10.0. The highest BCUT2D eigenvalue weighted by Crippen LogP contribution is 2.35. The number of amides is 1. The summed E-state index contributed by atoms with van der Waals surface area (Å²) in [7, 11) is 0. The lowest BCUT2D eigenvalue weighted by Gasteiger charge is -2.37. The summed E-state index contributed by atoms with van der Waals surface area (Å²) in [5.74, 6) is 0.560. The van der Waals surface area contributed by atoms with Crippen LogP contribution in [0.2, 0.25) is 0 Å². The molecule has 4 unspecified atom stereocenters. The highest BCUT2D eigenvalue weighted by atomic mass is 32.1. The van der Waals surface area contributed by atoms with Crippen LogP contribution in [0.5, 0.6) is 0 Å². The Balaban J connectivity index is 1.87. The van der Waals surface area contributed by atoms with Crippen molar-refractivity contribution in [2.24, 2.45) is 5.92 Å². The Hall–Kier alpha value is -0.910. The van der Waals surface area contributed by atoms with Crippen LogP contribution in [0.25, 0.3) is 0 Å². The van der Waals surface area contributed by atoms with Crippen LogP contribution in [-0.4, -0.2) is 35.6 Å². The molecule has 0 bridgehead atoms. The van der Waals surface area contributed by atoms with Gasteiger partial charge in [0.15, 0.2) is 0 Å². The lowest BCUT2D eigenvalue weighted by molar-refractivity contribution is -0.136. The zero-order valence-electron chi connectivity index (χ0n) is 12.9. The smallest absolute Gasteiger partial charge is 0.241 e. The van der Waals surface area contributed by atoms with Crippen LogP contribution >= 0.6 is 11.3 Å². The maximum absolute atomic E-state index is 12.9. The topological polar surface area (TPSA) is 41.6 Å². The minimum Gasteiger partial charge on any atom is -0.378 e. The van der Waals surface area contributed by atoms with Gasteiger partial charge < -0.3 is 9.64 Å². The number of nitrogens with one attached hydrogen (secondary N) is 1. The maximum Gasteiger partial charge on any atom is 0.241 e. The molecule has 5 heteroatoms. The molecule has 0 saturated carbocycles. The van der Waals surface area contributed by atoms with Crippen LogP contribution in [0.1, 0.15) is 44.7 Å². The Morgan fingerprint density at radius 3 is 2.90 bits per heavy atom. The van der Waals surface area contributed by atoms with E-state index in [0.29, 0.717) is 5.92 Å². The van der Waals surface area contributed by atoms with Crippen molar-refractivity contribution in [3.8, 4) is 0 Å². The Morgan fingerprint density at radius 2 is 2.29 bits per heavy atom. The van der Waals surface area contributed by atoms with Gasteiger partial charge in [0.2, 0.25) is 5.91 Å². The number of ether oxygens (including phenoxy) is 1. The second kappa shape index (κ2) is 6.07. The van der Waals surface area contributed by atoms with Crippen LogP contribution in [0.15, 0.2) is 17.5 Å². The molecule has 1 N–H and O–H groups in total. The standard InChI is InChI=1S/C16H24N2O2S/c1-10(2)14-16(19)18(12-6-7-20-11(3)9-12)15(17-14)13-5-4-8-21-13/h4-5,8,10-12,14-15,17H,6-7,9H2,1-3H3. The molecule has 0 aliphatic carbocycles. The van der Waals surface area contributed by atoms with Gasteiger partial charge in [0, 0.05) is 17.5 Å². The summed E-state index contributed by atoms with van der Waals surface area (Å²) in [6.07, 6.45) is 2.13. The molecule has 3 rings (SSSR count). The number of carbonyl (C=O) groups is 1. The van der Waals surface area contributed by atoms with Crippen LogP contribution in [0, 0.1) is 5.92 Å². The van der Waals surface area contributed by atoms with E-state index < -0.39 is 0 Å². The molecule has 1 aromatic rings. The Labute approximate surface area is 130 Å². The fourth-order valence-electron chi connectivity index (χ4n) is 3.37. The average molecular weight is 308 g/mol. The van der Waals surface area contributed by atoms with Gasteiger partial charge in [-0.15, -0.1) is 11.3 Å². The van der Waals surface area contributed by atoms with E-state index in [-0.39, 0.29) is 30.3 Å². The van der Waals surface area contributed by atoms with E-state index in [0.717, 1.165) is 19.4 Å². The van der Waals surface area contributed by atoms with Gasteiger partial charge in [0.25, 0.3) is 0 Å². The fraction of sp³-hybridized carbons (Fsp3) is 0.688. The highest BCUT2D eigenvalue weighted by molar-refractivity contribution is 7.10. The summed E-state index contributed by atoms with van der Waals surface area (Å²) in [6.45, 7) is 7.06. The van der Waals surface area contributed by atoms with Gasteiger partial charge in [-0.1, -0.05) is 19.9 Å². The summed E-state index contributed by atoms with van der Waals surface area (Å²) in [5, 5.41) is 5.63. The van der Waals surface area contributed by atoms with E-state index >= 15 is 0 Å². The lowest BCUT2D eigenvalue weighted by Crippen LogP contribution is -2.45. The first-order chi connectivity index (χ1) is 10.1. The first-order valence-corrected chi connectivity index (χ1v) is 8.69. The monoisotopic (exact) mass is 308 g/mol. The van der Waals surface area contributed by atoms with E-state index in [2.05, 4.69) is 48.5 Å². The van der Waals surface area contributed by atoms with Crippen molar-refractivity contribution < 1.29 is 9.53 Å². The average Bonchev–Trinajstić information content (AvgIpc) is 3.05. The number of hydrogen-bond acceptors (Lipinski definition) is 4. The Morgan fingerprint density at radius 1 is 1.48 bits per heavy atom. The largest absolute Gasteiger partial charge is 0.378 e. The predicted octanol–water partition coefficient (Wildman–Crippen LogP) is 2.77. The molecule has 0 aromatic carbocycles. The van der Waals surface area contributed by atoms with Crippen molar-refractivity contribution in [3.63, 3.8) is 0 Å². The summed E-state index contributed by atoms with van der Waals surface area (Å²) < 4.78 is 5.65. The first-order valence-electron chi connectivity index (χ1n) is 7.81. The maximum atomic E-state index is 12.9. The van der Waals surface area contributed by atoms with Crippen LogP contribution in [0.3, 0.4) is 0 Å². The van der Waals surface area contributed by atoms with Gasteiger partial charge in [0.05, 0.1) is 12.1 Å². The van der Waals surface area contributed by atoms with E-state index in [1.807, 2.05) is 0 Å². The van der Waals surface area contributed by atoms with Crippen molar-refractivity contribution in [2.75, 3.05) is 6.61 Å². The second-order valence-electron chi connectivity index (χ2n) is 6.41. The van der Waals surface area contributed by atoms with Crippen molar-refractivity contribution in [1.82, 2.24) is 10.2 Å². The Kier molecular flexibility index (Phi) is 4.33. The third-order valence-electron chi connectivity index (χ3n) is 4.47. The van der Waals surface area contributed by atoms with E-state index in [1.54, 1.807) is 11.3 Å². The molecular formula is C16H24N2O2S. The minimum absolute atomic E-state index is 0.0280. The number of rotatable bonds is 3. The summed E-state index contributed by atoms with van der Waals surface area (Å²) in [5.41, 5.74) is 0.